The van der Waals surface area contributed by atoms with E-state index in [0.29, 0.717) is 5.75 Å². The van der Waals surface area contributed by atoms with Crippen LogP contribution in [0, 0.1) is 6.92 Å². The Morgan fingerprint density at radius 1 is 1.00 bits per heavy atom. The number of benzene rings is 3. The number of hydrogen-bond donors (Lipinski definition) is 1. The van der Waals surface area contributed by atoms with Gasteiger partial charge in [0.1, 0.15) is 24.7 Å². The van der Waals surface area contributed by atoms with Crippen molar-refractivity contribution in [2.45, 2.75) is 30.7 Å². The normalized spacial score (nSPS) is 17.3. The Balaban J connectivity index is 1.40. The van der Waals surface area contributed by atoms with Crippen molar-refractivity contribution in [3.63, 3.8) is 0 Å². The second-order valence-electron chi connectivity index (χ2n) is 8.71. The second-order valence-corrected chi connectivity index (χ2v) is 10.3. The molecule has 1 heterocycles. The average Bonchev–Trinajstić information content (AvgIpc) is 2.80. The van der Waals surface area contributed by atoms with Crippen LogP contribution in [0.25, 0.3) is 11.1 Å². The first-order chi connectivity index (χ1) is 15.8. The van der Waals surface area contributed by atoms with E-state index in [-0.39, 0.29) is 29.9 Å². The fourth-order valence-corrected chi connectivity index (χ4v) is 5.77. The van der Waals surface area contributed by atoms with Crippen molar-refractivity contribution in [1.82, 2.24) is 4.90 Å². The van der Waals surface area contributed by atoms with Crippen LogP contribution in [0.15, 0.2) is 59.5 Å². The molecule has 0 saturated heterocycles. The lowest BCUT2D eigenvalue weighted by molar-refractivity contribution is 0.215. The molecule has 0 amide bonds. The monoisotopic (exact) mass is 465 g/mol. The van der Waals surface area contributed by atoms with Crippen LogP contribution in [-0.2, 0) is 27.1 Å². The maximum atomic E-state index is 12.4. The van der Waals surface area contributed by atoms with Crippen LogP contribution in [0.1, 0.15) is 28.3 Å². The minimum atomic E-state index is -3.85. The Morgan fingerprint density at radius 2 is 1.79 bits per heavy atom. The van der Waals surface area contributed by atoms with E-state index in [0.717, 1.165) is 41.6 Å². The molecule has 172 valence electrons. The molecule has 0 saturated carbocycles. The Labute approximate surface area is 194 Å². The van der Waals surface area contributed by atoms with Gasteiger partial charge in [-0.3, -0.25) is 9.08 Å². The van der Waals surface area contributed by atoms with E-state index in [4.69, 9.17) is 8.92 Å². The van der Waals surface area contributed by atoms with Crippen molar-refractivity contribution in [3.05, 3.63) is 76.9 Å². The molecule has 7 heteroatoms. The molecule has 3 aromatic carbocycles. The first kappa shape index (κ1) is 21.9. The molecule has 2 aliphatic rings. The molecule has 1 aliphatic heterocycles. The predicted molar refractivity (Wildman–Crippen MR) is 126 cm³/mol. The highest BCUT2D eigenvalue weighted by Crippen LogP contribution is 2.51. The standard InChI is InChI=1S/C26H27NO5S/c1-17-6-9-20(10-7-17)33(29,30)32-15-14-31-23-11-8-18-12-13-27(2)21-16-19-4-3-5-22(28)25(19)26(23)24(18)21/h3-11,21,28H,12-16H2,1-2H3/t21-/m1/s1. The largest absolute Gasteiger partial charge is 0.507 e. The number of aryl methyl sites for hydroxylation is 1. The van der Waals surface area contributed by atoms with Gasteiger partial charge in [0.05, 0.1) is 4.90 Å². The smallest absolute Gasteiger partial charge is 0.297 e. The molecule has 0 bridgehead atoms. The Kier molecular flexibility index (Phi) is 5.64. The molecule has 1 atom stereocenters. The number of aromatic hydroxyl groups is 1. The van der Waals surface area contributed by atoms with Gasteiger partial charge in [0.15, 0.2) is 0 Å². The van der Waals surface area contributed by atoms with Crippen LogP contribution in [0.3, 0.4) is 0 Å². The minimum absolute atomic E-state index is 0.0698. The zero-order chi connectivity index (χ0) is 23.2. The van der Waals surface area contributed by atoms with Gasteiger partial charge in [0.25, 0.3) is 10.1 Å². The van der Waals surface area contributed by atoms with E-state index in [1.165, 1.54) is 23.3 Å². The summed E-state index contributed by atoms with van der Waals surface area (Å²) in [4.78, 5) is 2.47. The molecule has 1 N–H and O–H groups in total. The van der Waals surface area contributed by atoms with E-state index in [1.54, 1.807) is 18.2 Å². The molecule has 0 spiro atoms. The molecule has 0 radical (unpaired) electrons. The molecular weight excluding hydrogens is 438 g/mol. The highest BCUT2D eigenvalue weighted by Gasteiger charge is 2.35. The van der Waals surface area contributed by atoms with Gasteiger partial charge < -0.3 is 9.84 Å². The van der Waals surface area contributed by atoms with Gasteiger partial charge in [0.2, 0.25) is 0 Å². The third-order valence-corrected chi connectivity index (χ3v) is 7.90. The van der Waals surface area contributed by atoms with Crippen molar-refractivity contribution in [2.75, 3.05) is 26.8 Å². The zero-order valence-corrected chi connectivity index (χ0v) is 19.6. The number of likely N-dealkylation sites (N-methyl/N-ethyl adjacent to an activating group) is 1. The SMILES string of the molecule is Cc1ccc(S(=O)(=O)OCCOc2ccc3c4c2-c2c(O)cccc2C[C@H]4N(C)CC3)cc1. The predicted octanol–water partition coefficient (Wildman–Crippen LogP) is 4.24. The summed E-state index contributed by atoms with van der Waals surface area (Å²) < 4.78 is 36.2. The molecule has 3 aromatic rings. The number of phenolic OH excluding ortho intramolecular Hbond substituents is 1. The fourth-order valence-electron chi connectivity index (χ4n) is 4.87. The lowest BCUT2D eigenvalue weighted by Gasteiger charge is -2.40. The van der Waals surface area contributed by atoms with Gasteiger partial charge in [-0.05, 0) is 67.8 Å². The topological polar surface area (TPSA) is 76.1 Å². The number of rotatable bonds is 6. The van der Waals surface area contributed by atoms with Crippen LogP contribution in [0.5, 0.6) is 11.5 Å². The minimum Gasteiger partial charge on any atom is -0.507 e. The number of nitrogens with zero attached hydrogens (tertiary/aromatic N) is 1. The quantitative estimate of drug-likeness (QED) is 0.434. The van der Waals surface area contributed by atoms with E-state index in [2.05, 4.69) is 18.0 Å². The summed E-state index contributed by atoms with van der Waals surface area (Å²) in [5.41, 5.74) is 6.25. The van der Waals surface area contributed by atoms with Crippen LogP contribution in [0.2, 0.25) is 0 Å². The summed E-state index contributed by atoms with van der Waals surface area (Å²) >= 11 is 0. The molecule has 33 heavy (non-hydrogen) atoms. The maximum absolute atomic E-state index is 12.4. The van der Waals surface area contributed by atoms with Gasteiger partial charge in [0, 0.05) is 23.7 Å². The summed E-state index contributed by atoms with van der Waals surface area (Å²) in [7, 11) is -1.72. The van der Waals surface area contributed by atoms with Gasteiger partial charge in [-0.15, -0.1) is 0 Å². The number of fused-ring (bicyclic) bond motifs is 2. The lowest BCUT2D eigenvalue weighted by Crippen LogP contribution is -2.35. The van der Waals surface area contributed by atoms with Gasteiger partial charge in [-0.25, -0.2) is 0 Å². The average molecular weight is 466 g/mol. The van der Waals surface area contributed by atoms with Crippen molar-refractivity contribution in [1.29, 1.82) is 0 Å². The highest BCUT2D eigenvalue weighted by molar-refractivity contribution is 7.86. The van der Waals surface area contributed by atoms with Crippen molar-refractivity contribution in [3.8, 4) is 22.6 Å². The number of hydrogen-bond acceptors (Lipinski definition) is 6. The van der Waals surface area contributed by atoms with Gasteiger partial charge >= 0.3 is 0 Å². The maximum Gasteiger partial charge on any atom is 0.297 e. The number of phenols is 1. The molecular formula is C26H27NO5S. The Morgan fingerprint density at radius 3 is 2.58 bits per heavy atom. The van der Waals surface area contributed by atoms with Gasteiger partial charge in [-0.1, -0.05) is 35.9 Å². The van der Waals surface area contributed by atoms with E-state index in [1.807, 2.05) is 25.1 Å². The van der Waals surface area contributed by atoms with Gasteiger partial charge in [-0.2, -0.15) is 8.42 Å². The summed E-state index contributed by atoms with van der Waals surface area (Å²) in [5, 5.41) is 10.7. The molecule has 0 fully saturated rings. The third-order valence-electron chi connectivity index (χ3n) is 6.58. The van der Waals surface area contributed by atoms with E-state index < -0.39 is 10.1 Å². The lowest BCUT2D eigenvalue weighted by atomic mass is 9.76. The molecule has 5 rings (SSSR count). The van der Waals surface area contributed by atoms with Crippen molar-refractivity contribution >= 4 is 10.1 Å². The number of ether oxygens (including phenoxy) is 1. The second kappa shape index (κ2) is 8.48. The van der Waals surface area contributed by atoms with Crippen molar-refractivity contribution < 1.29 is 22.4 Å². The van der Waals surface area contributed by atoms with E-state index >= 15 is 0 Å². The van der Waals surface area contributed by atoms with Crippen LogP contribution in [0.4, 0.5) is 0 Å². The summed E-state index contributed by atoms with van der Waals surface area (Å²) in [6, 6.07) is 16.4. The summed E-state index contributed by atoms with van der Waals surface area (Å²) in [6.45, 7) is 2.84. The van der Waals surface area contributed by atoms with Crippen molar-refractivity contribution in [2.24, 2.45) is 0 Å². The Bertz CT molecular complexity index is 1300. The summed E-state index contributed by atoms with van der Waals surface area (Å²) in [5.74, 6) is 0.864. The first-order valence-corrected chi connectivity index (χ1v) is 12.5. The molecule has 6 nitrogen and oxygen atoms in total. The third kappa shape index (κ3) is 4.01. The first-order valence-electron chi connectivity index (χ1n) is 11.1. The molecule has 0 aromatic heterocycles. The Hall–Kier alpha value is -2.87. The van der Waals surface area contributed by atoms with Crippen LogP contribution < -0.4 is 4.74 Å². The fraction of sp³-hybridized carbons (Fsp3) is 0.308. The molecule has 0 unspecified atom stereocenters. The highest BCUT2D eigenvalue weighted by atomic mass is 32.2. The van der Waals surface area contributed by atoms with Crippen LogP contribution >= 0.6 is 0 Å². The van der Waals surface area contributed by atoms with Crippen LogP contribution in [-0.4, -0.2) is 45.2 Å². The molecule has 1 aliphatic carbocycles. The van der Waals surface area contributed by atoms with E-state index in [9.17, 15) is 13.5 Å². The zero-order valence-electron chi connectivity index (χ0n) is 18.7. The summed E-state index contributed by atoms with van der Waals surface area (Å²) in [6.07, 6.45) is 1.78.